The van der Waals surface area contributed by atoms with E-state index in [9.17, 15) is 13.6 Å². The number of carboxylic acid groups (broad SMARTS) is 1. The molecule has 2 nitrogen and oxygen atoms in total. The molecule has 0 aliphatic carbocycles. The molecule has 5 heteroatoms. The van der Waals surface area contributed by atoms with Gasteiger partial charge >= 0.3 is 5.97 Å². The second-order valence-corrected chi connectivity index (χ2v) is 4.01. The third-order valence-electron chi connectivity index (χ3n) is 1.63. The quantitative estimate of drug-likeness (QED) is 0.793. The third-order valence-corrected chi connectivity index (χ3v) is 2.64. The Morgan fingerprint density at radius 3 is 2.80 bits per heavy atom. The summed E-state index contributed by atoms with van der Waals surface area (Å²) in [6.45, 7) is 0. The number of halogens is 2. The summed E-state index contributed by atoms with van der Waals surface area (Å²) >= 11 is 1.03. The maximum atomic E-state index is 11.9. The van der Waals surface area contributed by atoms with E-state index >= 15 is 0 Å². The van der Waals surface area contributed by atoms with E-state index in [1.54, 1.807) is 24.3 Å². The highest BCUT2D eigenvalue weighted by Crippen LogP contribution is 2.21. The number of hydrogen-bond acceptors (Lipinski definition) is 2. The number of benzene rings is 1. The Balaban J connectivity index is 2.61. The van der Waals surface area contributed by atoms with Gasteiger partial charge in [-0.25, -0.2) is 8.78 Å². The Labute approximate surface area is 90.3 Å². The first-order valence-electron chi connectivity index (χ1n) is 4.29. The standard InChI is InChI=1S/C10H10F2O2S/c11-9(12)6-15-8-3-1-2-7(4-8)5-10(13)14/h1-4,9H,5-6H2,(H,13,14). The van der Waals surface area contributed by atoms with Crippen molar-refractivity contribution in [2.45, 2.75) is 17.7 Å². The molecule has 0 aliphatic heterocycles. The number of aliphatic carboxylic acids is 1. The minimum absolute atomic E-state index is 0.0803. The monoisotopic (exact) mass is 232 g/mol. The van der Waals surface area contributed by atoms with Gasteiger partial charge in [-0.05, 0) is 17.7 Å². The van der Waals surface area contributed by atoms with Crippen LogP contribution in [-0.4, -0.2) is 23.3 Å². The van der Waals surface area contributed by atoms with Gasteiger partial charge in [0.2, 0.25) is 6.43 Å². The molecule has 0 saturated carbocycles. The molecule has 0 amide bonds. The van der Waals surface area contributed by atoms with Crippen LogP contribution < -0.4 is 0 Å². The number of carboxylic acids is 1. The van der Waals surface area contributed by atoms with Crippen LogP contribution >= 0.6 is 11.8 Å². The summed E-state index contributed by atoms with van der Waals surface area (Å²) in [5, 5.41) is 8.55. The Morgan fingerprint density at radius 2 is 2.20 bits per heavy atom. The van der Waals surface area contributed by atoms with Crippen LogP contribution in [0.3, 0.4) is 0 Å². The minimum atomic E-state index is -2.35. The second-order valence-electron chi connectivity index (χ2n) is 2.92. The molecular weight excluding hydrogens is 222 g/mol. The molecule has 1 aromatic carbocycles. The molecule has 0 atom stereocenters. The van der Waals surface area contributed by atoms with Gasteiger partial charge in [0.05, 0.1) is 12.2 Å². The van der Waals surface area contributed by atoms with Crippen molar-refractivity contribution >= 4 is 17.7 Å². The van der Waals surface area contributed by atoms with E-state index in [0.29, 0.717) is 10.5 Å². The maximum absolute atomic E-state index is 11.9. The van der Waals surface area contributed by atoms with Crippen molar-refractivity contribution in [2.24, 2.45) is 0 Å². The van der Waals surface area contributed by atoms with Gasteiger partial charge in [-0.2, -0.15) is 0 Å². The van der Waals surface area contributed by atoms with E-state index in [1.165, 1.54) is 0 Å². The predicted octanol–water partition coefficient (Wildman–Crippen LogP) is 2.67. The smallest absolute Gasteiger partial charge is 0.307 e. The van der Waals surface area contributed by atoms with Crippen LogP contribution in [0.15, 0.2) is 29.2 Å². The van der Waals surface area contributed by atoms with Crippen molar-refractivity contribution in [3.63, 3.8) is 0 Å². The van der Waals surface area contributed by atoms with Crippen molar-refractivity contribution in [3.8, 4) is 0 Å². The van der Waals surface area contributed by atoms with Gasteiger partial charge in [-0.1, -0.05) is 12.1 Å². The largest absolute Gasteiger partial charge is 0.481 e. The molecule has 0 heterocycles. The molecule has 82 valence electrons. The first-order valence-corrected chi connectivity index (χ1v) is 5.28. The zero-order valence-electron chi connectivity index (χ0n) is 7.82. The fourth-order valence-corrected chi connectivity index (χ4v) is 1.81. The summed E-state index contributed by atoms with van der Waals surface area (Å²) in [7, 11) is 0. The van der Waals surface area contributed by atoms with E-state index in [0.717, 1.165) is 11.8 Å². The van der Waals surface area contributed by atoms with Gasteiger partial charge in [-0.15, -0.1) is 11.8 Å². The van der Waals surface area contributed by atoms with Gasteiger partial charge < -0.3 is 5.11 Å². The number of alkyl halides is 2. The Bertz CT molecular complexity index is 342. The first-order chi connectivity index (χ1) is 7.08. The van der Waals surface area contributed by atoms with Gasteiger partial charge in [0, 0.05) is 4.90 Å². The van der Waals surface area contributed by atoms with E-state index in [1.807, 2.05) is 0 Å². The summed E-state index contributed by atoms with van der Waals surface area (Å²) in [6.07, 6.45) is -2.43. The van der Waals surface area contributed by atoms with Crippen molar-refractivity contribution in [3.05, 3.63) is 29.8 Å². The molecule has 0 spiro atoms. The number of thioether (sulfide) groups is 1. The number of hydrogen-bond donors (Lipinski definition) is 1. The van der Waals surface area contributed by atoms with Crippen LogP contribution in [0.5, 0.6) is 0 Å². The lowest BCUT2D eigenvalue weighted by atomic mass is 10.2. The molecule has 0 bridgehead atoms. The number of carbonyl (C=O) groups is 1. The van der Waals surface area contributed by atoms with Crippen molar-refractivity contribution in [1.82, 2.24) is 0 Å². The molecule has 0 aromatic heterocycles. The average Bonchev–Trinajstić information content (AvgIpc) is 2.14. The molecule has 0 fully saturated rings. The fraction of sp³-hybridized carbons (Fsp3) is 0.300. The molecule has 0 aliphatic rings. The normalized spacial score (nSPS) is 10.6. The van der Waals surface area contributed by atoms with Gasteiger partial charge in [0.1, 0.15) is 0 Å². The van der Waals surface area contributed by atoms with Crippen molar-refractivity contribution in [1.29, 1.82) is 0 Å². The highest BCUT2D eigenvalue weighted by molar-refractivity contribution is 7.99. The van der Waals surface area contributed by atoms with Gasteiger partial charge in [0.25, 0.3) is 0 Å². The molecule has 1 N–H and O–H groups in total. The second kappa shape index (κ2) is 5.70. The summed E-state index contributed by atoms with van der Waals surface area (Å²) in [4.78, 5) is 11.1. The van der Waals surface area contributed by atoms with Crippen LogP contribution in [0.4, 0.5) is 8.78 Å². The average molecular weight is 232 g/mol. The zero-order valence-corrected chi connectivity index (χ0v) is 8.64. The van der Waals surface area contributed by atoms with E-state index in [4.69, 9.17) is 5.11 Å². The molecule has 1 aromatic rings. The molecular formula is C10H10F2O2S. The summed E-state index contributed by atoms with van der Waals surface area (Å²) in [6, 6.07) is 6.66. The molecule has 1 rings (SSSR count). The van der Waals surface area contributed by atoms with Crippen LogP contribution in [0.25, 0.3) is 0 Å². The zero-order chi connectivity index (χ0) is 11.3. The van der Waals surface area contributed by atoms with E-state index in [-0.39, 0.29) is 12.2 Å². The van der Waals surface area contributed by atoms with Gasteiger partial charge in [0.15, 0.2) is 0 Å². The van der Waals surface area contributed by atoms with E-state index < -0.39 is 12.4 Å². The van der Waals surface area contributed by atoms with Crippen molar-refractivity contribution in [2.75, 3.05) is 5.75 Å². The van der Waals surface area contributed by atoms with Crippen LogP contribution in [-0.2, 0) is 11.2 Å². The maximum Gasteiger partial charge on any atom is 0.307 e. The van der Waals surface area contributed by atoms with Crippen LogP contribution in [0.2, 0.25) is 0 Å². The van der Waals surface area contributed by atoms with Crippen LogP contribution in [0.1, 0.15) is 5.56 Å². The highest BCUT2D eigenvalue weighted by Gasteiger charge is 2.05. The molecule has 0 saturated heterocycles. The third kappa shape index (κ3) is 4.78. The Hall–Kier alpha value is -1.10. The van der Waals surface area contributed by atoms with Gasteiger partial charge in [-0.3, -0.25) is 4.79 Å². The summed E-state index contributed by atoms with van der Waals surface area (Å²) in [5.41, 5.74) is 0.627. The Kier molecular flexibility index (Phi) is 4.55. The van der Waals surface area contributed by atoms with E-state index in [2.05, 4.69) is 0 Å². The first kappa shape index (κ1) is 12.0. The van der Waals surface area contributed by atoms with Crippen LogP contribution in [0, 0.1) is 0 Å². The predicted molar refractivity (Wildman–Crippen MR) is 54.5 cm³/mol. The Morgan fingerprint density at radius 1 is 1.47 bits per heavy atom. The summed E-state index contributed by atoms with van der Waals surface area (Å²) < 4.78 is 23.8. The highest BCUT2D eigenvalue weighted by atomic mass is 32.2. The SMILES string of the molecule is O=C(O)Cc1cccc(SCC(F)F)c1. The molecule has 0 radical (unpaired) electrons. The summed E-state index contributed by atoms with van der Waals surface area (Å²) in [5.74, 6) is -1.19. The van der Waals surface area contributed by atoms with Crippen molar-refractivity contribution < 1.29 is 18.7 Å². The molecule has 0 unspecified atom stereocenters. The topological polar surface area (TPSA) is 37.3 Å². The lowest BCUT2D eigenvalue weighted by molar-refractivity contribution is -0.136. The fourth-order valence-electron chi connectivity index (χ4n) is 1.08. The minimum Gasteiger partial charge on any atom is -0.481 e. The molecule has 15 heavy (non-hydrogen) atoms. The lowest BCUT2D eigenvalue weighted by Gasteiger charge is -2.02. The number of rotatable bonds is 5. The lowest BCUT2D eigenvalue weighted by Crippen LogP contribution is -2.00.